The predicted molar refractivity (Wildman–Crippen MR) is 67.7 cm³/mol. The van der Waals surface area contributed by atoms with Gasteiger partial charge in [-0.05, 0) is 30.4 Å². The Labute approximate surface area is 102 Å². The van der Waals surface area contributed by atoms with Crippen LogP contribution in [0.5, 0.6) is 11.5 Å². The maximum atomic E-state index is 10.6. The normalized spacial score (nSPS) is 11.2. The molecule has 0 spiro atoms. The van der Waals surface area contributed by atoms with Crippen LogP contribution in [0, 0.1) is 5.41 Å². The van der Waals surface area contributed by atoms with E-state index in [-0.39, 0.29) is 5.75 Å². The zero-order valence-electron chi connectivity index (χ0n) is 10.7. The van der Waals surface area contributed by atoms with Crippen molar-refractivity contribution in [1.29, 1.82) is 0 Å². The van der Waals surface area contributed by atoms with Crippen molar-refractivity contribution in [3.05, 3.63) is 23.8 Å². The van der Waals surface area contributed by atoms with E-state index in [0.29, 0.717) is 29.6 Å². The molecule has 0 saturated carbocycles. The molecule has 3 heteroatoms. The highest BCUT2D eigenvalue weighted by atomic mass is 16.5. The maximum Gasteiger partial charge on any atom is 0.150 e. The van der Waals surface area contributed by atoms with Gasteiger partial charge >= 0.3 is 0 Å². The summed E-state index contributed by atoms with van der Waals surface area (Å²) in [5.74, 6) is 0.599. The topological polar surface area (TPSA) is 46.5 Å². The first-order chi connectivity index (χ1) is 7.90. The second-order valence-corrected chi connectivity index (χ2v) is 5.39. The fourth-order valence-electron chi connectivity index (χ4n) is 1.55. The van der Waals surface area contributed by atoms with Gasteiger partial charge < -0.3 is 9.84 Å². The molecule has 1 N–H and O–H groups in total. The Morgan fingerprint density at radius 2 is 2.00 bits per heavy atom. The van der Waals surface area contributed by atoms with E-state index in [0.717, 1.165) is 12.8 Å². The van der Waals surface area contributed by atoms with Gasteiger partial charge in [0.1, 0.15) is 17.8 Å². The average molecular weight is 236 g/mol. The quantitative estimate of drug-likeness (QED) is 0.629. The van der Waals surface area contributed by atoms with Crippen molar-refractivity contribution in [2.24, 2.45) is 5.41 Å². The number of aldehydes is 1. The Kier molecular flexibility index (Phi) is 4.55. The van der Waals surface area contributed by atoms with Crippen LogP contribution in [0.4, 0.5) is 0 Å². The van der Waals surface area contributed by atoms with Crippen LogP contribution >= 0.6 is 0 Å². The molecule has 3 nitrogen and oxygen atoms in total. The number of ether oxygens (including phenoxy) is 1. The number of aromatic hydroxyl groups is 1. The van der Waals surface area contributed by atoms with Crippen molar-refractivity contribution >= 4 is 6.29 Å². The van der Waals surface area contributed by atoms with E-state index in [1.807, 2.05) is 0 Å². The largest absolute Gasteiger partial charge is 0.508 e. The predicted octanol–water partition coefficient (Wildman–Crippen LogP) is 3.41. The standard InChI is InChI=1S/C14H20O3/c1-14(2,3)5-4-6-17-13-8-11(10-15)7-12(16)9-13/h7-10,16H,4-6H2,1-3H3. The Bertz CT molecular complexity index is 378. The first-order valence-electron chi connectivity index (χ1n) is 5.83. The lowest BCUT2D eigenvalue weighted by atomic mass is 9.91. The van der Waals surface area contributed by atoms with Crippen LogP contribution in [0.15, 0.2) is 18.2 Å². The fraction of sp³-hybridized carbons (Fsp3) is 0.500. The molecule has 0 aliphatic heterocycles. The third-order valence-corrected chi connectivity index (χ3v) is 2.39. The summed E-state index contributed by atoms with van der Waals surface area (Å²) in [7, 11) is 0. The van der Waals surface area contributed by atoms with Crippen LogP contribution in [0.1, 0.15) is 44.0 Å². The zero-order valence-corrected chi connectivity index (χ0v) is 10.7. The number of carbonyl (C=O) groups is 1. The molecule has 0 amide bonds. The van der Waals surface area contributed by atoms with Crippen LogP contribution in [0.2, 0.25) is 0 Å². The molecule has 0 aliphatic rings. The highest BCUT2D eigenvalue weighted by molar-refractivity contribution is 5.76. The molecule has 0 atom stereocenters. The van der Waals surface area contributed by atoms with Crippen LogP contribution in [-0.2, 0) is 0 Å². The Morgan fingerprint density at radius 3 is 2.59 bits per heavy atom. The van der Waals surface area contributed by atoms with Gasteiger partial charge in [-0.1, -0.05) is 20.8 Å². The summed E-state index contributed by atoms with van der Waals surface area (Å²) < 4.78 is 5.51. The smallest absolute Gasteiger partial charge is 0.150 e. The van der Waals surface area contributed by atoms with E-state index < -0.39 is 0 Å². The molecule has 94 valence electrons. The summed E-state index contributed by atoms with van der Waals surface area (Å²) in [5, 5.41) is 9.37. The highest BCUT2D eigenvalue weighted by Crippen LogP contribution is 2.23. The molecule has 1 aromatic carbocycles. The second kappa shape index (κ2) is 5.71. The number of benzene rings is 1. The van der Waals surface area contributed by atoms with Gasteiger partial charge in [0.2, 0.25) is 0 Å². The Hall–Kier alpha value is -1.51. The van der Waals surface area contributed by atoms with Crippen molar-refractivity contribution in [3.63, 3.8) is 0 Å². The molecule has 0 fully saturated rings. The number of rotatable bonds is 5. The first kappa shape index (κ1) is 13.6. The molecule has 0 aromatic heterocycles. The molecule has 1 aromatic rings. The number of phenolic OH excluding ortho intramolecular Hbond substituents is 1. The monoisotopic (exact) mass is 236 g/mol. The van der Waals surface area contributed by atoms with Crippen molar-refractivity contribution in [2.75, 3.05) is 6.61 Å². The lowest BCUT2D eigenvalue weighted by Crippen LogP contribution is -2.07. The molecule has 0 heterocycles. The summed E-state index contributed by atoms with van der Waals surface area (Å²) in [5.41, 5.74) is 0.728. The van der Waals surface area contributed by atoms with Crippen LogP contribution in [-0.4, -0.2) is 18.0 Å². The van der Waals surface area contributed by atoms with Gasteiger partial charge in [-0.25, -0.2) is 0 Å². The second-order valence-electron chi connectivity index (χ2n) is 5.39. The molecule has 0 bridgehead atoms. The maximum absolute atomic E-state index is 10.6. The molecular weight excluding hydrogens is 216 g/mol. The molecule has 0 unspecified atom stereocenters. The minimum Gasteiger partial charge on any atom is -0.508 e. The molecule has 0 aliphatic carbocycles. The van der Waals surface area contributed by atoms with E-state index in [1.54, 1.807) is 6.07 Å². The van der Waals surface area contributed by atoms with Gasteiger partial charge in [0.05, 0.1) is 6.61 Å². The minimum atomic E-state index is 0.0559. The third-order valence-electron chi connectivity index (χ3n) is 2.39. The molecule has 1 rings (SSSR count). The summed E-state index contributed by atoms with van der Waals surface area (Å²) >= 11 is 0. The summed E-state index contributed by atoms with van der Waals surface area (Å²) in [6, 6.07) is 4.56. The van der Waals surface area contributed by atoms with Gasteiger partial charge in [0.15, 0.2) is 0 Å². The lowest BCUT2D eigenvalue weighted by molar-refractivity contribution is 0.112. The summed E-state index contributed by atoms with van der Waals surface area (Å²) in [4.78, 5) is 10.6. The van der Waals surface area contributed by atoms with Gasteiger partial charge in [-0.2, -0.15) is 0 Å². The van der Waals surface area contributed by atoms with E-state index in [9.17, 15) is 9.90 Å². The molecule has 0 radical (unpaired) electrons. The minimum absolute atomic E-state index is 0.0559. The Balaban J connectivity index is 2.46. The van der Waals surface area contributed by atoms with Crippen molar-refractivity contribution < 1.29 is 14.6 Å². The van der Waals surface area contributed by atoms with Crippen LogP contribution in [0.3, 0.4) is 0 Å². The van der Waals surface area contributed by atoms with E-state index in [2.05, 4.69) is 20.8 Å². The molecule has 17 heavy (non-hydrogen) atoms. The third kappa shape index (κ3) is 5.38. The summed E-state index contributed by atoms with van der Waals surface area (Å²) in [6.45, 7) is 7.16. The molecule has 0 saturated heterocycles. The number of hydrogen-bond donors (Lipinski definition) is 1. The van der Waals surface area contributed by atoms with Crippen molar-refractivity contribution in [2.45, 2.75) is 33.6 Å². The molecular formula is C14H20O3. The lowest BCUT2D eigenvalue weighted by Gasteiger charge is -2.17. The SMILES string of the molecule is CC(C)(C)CCCOc1cc(O)cc(C=O)c1. The fourth-order valence-corrected chi connectivity index (χ4v) is 1.55. The number of phenols is 1. The zero-order chi connectivity index (χ0) is 12.9. The first-order valence-corrected chi connectivity index (χ1v) is 5.83. The van der Waals surface area contributed by atoms with Crippen LogP contribution in [0.25, 0.3) is 0 Å². The van der Waals surface area contributed by atoms with E-state index in [1.165, 1.54) is 12.1 Å². The van der Waals surface area contributed by atoms with Crippen LogP contribution < -0.4 is 4.74 Å². The van der Waals surface area contributed by atoms with Crippen molar-refractivity contribution in [1.82, 2.24) is 0 Å². The van der Waals surface area contributed by atoms with Gasteiger partial charge in [-0.3, -0.25) is 4.79 Å². The number of carbonyl (C=O) groups excluding carboxylic acids is 1. The summed E-state index contributed by atoms with van der Waals surface area (Å²) in [6.07, 6.45) is 2.73. The van der Waals surface area contributed by atoms with Gasteiger partial charge in [0.25, 0.3) is 0 Å². The van der Waals surface area contributed by atoms with E-state index >= 15 is 0 Å². The van der Waals surface area contributed by atoms with Gasteiger partial charge in [-0.15, -0.1) is 0 Å². The van der Waals surface area contributed by atoms with Crippen molar-refractivity contribution in [3.8, 4) is 11.5 Å². The van der Waals surface area contributed by atoms with Gasteiger partial charge in [0, 0.05) is 11.6 Å². The number of hydrogen-bond acceptors (Lipinski definition) is 3. The van der Waals surface area contributed by atoms with E-state index in [4.69, 9.17) is 4.74 Å². The highest BCUT2D eigenvalue weighted by Gasteiger charge is 2.09. The Morgan fingerprint density at radius 1 is 1.29 bits per heavy atom. The average Bonchev–Trinajstić information content (AvgIpc) is 2.22.